The van der Waals surface area contributed by atoms with Gasteiger partial charge in [-0.25, -0.2) is 0 Å². The van der Waals surface area contributed by atoms with Crippen molar-refractivity contribution in [2.75, 3.05) is 0 Å². The van der Waals surface area contributed by atoms with Crippen molar-refractivity contribution >= 4 is 17.3 Å². The standard InChI is InChI=1S/C23H26O5/c1-3-17(21-9-13-5-7-15(24)11-19(13)27-21)23(26)18(4-2)22-10-14-6-8-16(25)12-20(14)28-22/h11-14H,3-10H2,1-2H3/b21-17+,22-18+. The first kappa shape index (κ1) is 18.9. The molecule has 4 rings (SSSR count). The van der Waals surface area contributed by atoms with Crippen molar-refractivity contribution < 1.29 is 23.9 Å². The van der Waals surface area contributed by atoms with Crippen molar-refractivity contribution in [1.82, 2.24) is 0 Å². The van der Waals surface area contributed by atoms with Gasteiger partial charge in [0.05, 0.1) is 0 Å². The van der Waals surface area contributed by atoms with Crippen LogP contribution in [0, 0.1) is 11.8 Å². The van der Waals surface area contributed by atoms with Crippen LogP contribution >= 0.6 is 0 Å². The Hall–Kier alpha value is -2.43. The third-order valence-electron chi connectivity index (χ3n) is 6.16. The number of carbonyl (C=O) groups excluding carboxylic acids is 3. The van der Waals surface area contributed by atoms with E-state index in [9.17, 15) is 14.4 Å². The van der Waals surface area contributed by atoms with Crippen LogP contribution in [0.1, 0.15) is 65.2 Å². The lowest BCUT2D eigenvalue weighted by atomic mass is 9.88. The fourth-order valence-corrected chi connectivity index (χ4v) is 4.58. The maximum Gasteiger partial charge on any atom is 0.191 e. The summed E-state index contributed by atoms with van der Waals surface area (Å²) in [5.74, 6) is 3.42. The smallest absolute Gasteiger partial charge is 0.191 e. The second-order valence-electron chi connectivity index (χ2n) is 7.95. The molecule has 5 heteroatoms. The largest absolute Gasteiger partial charge is 0.465 e. The van der Waals surface area contributed by atoms with Crippen LogP contribution in [0.4, 0.5) is 0 Å². The molecule has 2 aliphatic carbocycles. The van der Waals surface area contributed by atoms with Gasteiger partial charge in [0.2, 0.25) is 0 Å². The van der Waals surface area contributed by atoms with Crippen LogP contribution in [-0.4, -0.2) is 17.3 Å². The molecular formula is C23H26O5. The van der Waals surface area contributed by atoms with E-state index in [2.05, 4.69) is 0 Å². The number of carbonyl (C=O) groups is 3. The van der Waals surface area contributed by atoms with Gasteiger partial charge in [-0.3, -0.25) is 14.4 Å². The normalized spacial score (nSPS) is 29.9. The maximum absolute atomic E-state index is 13.4. The zero-order chi connectivity index (χ0) is 19.8. The first-order chi connectivity index (χ1) is 13.5. The molecule has 28 heavy (non-hydrogen) atoms. The zero-order valence-corrected chi connectivity index (χ0v) is 16.5. The molecule has 2 atom stereocenters. The molecule has 2 fully saturated rings. The minimum absolute atomic E-state index is 0.0221. The Morgan fingerprint density at radius 1 is 0.857 bits per heavy atom. The highest BCUT2D eigenvalue weighted by atomic mass is 16.5. The Morgan fingerprint density at radius 3 is 1.68 bits per heavy atom. The maximum atomic E-state index is 13.4. The number of fused-ring (bicyclic) bond motifs is 2. The van der Waals surface area contributed by atoms with E-state index in [1.54, 1.807) is 12.2 Å². The lowest BCUT2D eigenvalue weighted by Crippen LogP contribution is -2.11. The monoisotopic (exact) mass is 382 g/mol. The van der Waals surface area contributed by atoms with Gasteiger partial charge in [-0.15, -0.1) is 0 Å². The summed E-state index contributed by atoms with van der Waals surface area (Å²) in [6.45, 7) is 3.92. The van der Waals surface area contributed by atoms with Gasteiger partial charge in [-0.2, -0.15) is 0 Å². The minimum atomic E-state index is -0.0221. The van der Waals surface area contributed by atoms with Crippen LogP contribution in [-0.2, 0) is 23.9 Å². The summed E-state index contributed by atoms with van der Waals surface area (Å²) in [6.07, 6.45) is 8.36. The quantitative estimate of drug-likeness (QED) is 0.672. The highest BCUT2D eigenvalue weighted by molar-refractivity contribution is 6.09. The molecule has 2 heterocycles. The summed E-state index contributed by atoms with van der Waals surface area (Å²) in [7, 11) is 0. The molecule has 0 amide bonds. The number of ketones is 3. The van der Waals surface area contributed by atoms with Crippen molar-refractivity contribution in [3.05, 3.63) is 46.3 Å². The molecule has 4 aliphatic rings. The van der Waals surface area contributed by atoms with E-state index in [1.165, 1.54) is 0 Å². The summed E-state index contributed by atoms with van der Waals surface area (Å²) < 4.78 is 11.9. The molecule has 148 valence electrons. The van der Waals surface area contributed by atoms with Gasteiger partial charge < -0.3 is 9.47 Å². The summed E-state index contributed by atoms with van der Waals surface area (Å²) in [5.41, 5.74) is 1.35. The van der Waals surface area contributed by atoms with Crippen molar-refractivity contribution in [3.8, 4) is 0 Å². The van der Waals surface area contributed by atoms with Crippen LogP contribution < -0.4 is 0 Å². The lowest BCUT2D eigenvalue weighted by molar-refractivity contribution is -0.116. The Kier molecular flexibility index (Phi) is 5.09. The number of Topliss-reactive ketones (excluding diaryl/α,β-unsaturated/α-hetero) is 1. The summed E-state index contributed by atoms with van der Waals surface area (Å²) in [6, 6.07) is 0. The molecule has 2 aliphatic heterocycles. The highest BCUT2D eigenvalue weighted by Crippen LogP contribution is 2.43. The number of ether oxygens (including phenoxy) is 2. The van der Waals surface area contributed by atoms with E-state index in [1.807, 2.05) is 13.8 Å². The van der Waals surface area contributed by atoms with E-state index in [0.717, 1.165) is 12.8 Å². The van der Waals surface area contributed by atoms with E-state index in [-0.39, 0.29) is 29.2 Å². The number of allylic oxidation sites excluding steroid dienone is 8. The van der Waals surface area contributed by atoms with E-state index in [0.29, 0.717) is 72.7 Å². The van der Waals surface area contributed by atoms with Gasteiger partial charge in [0, 0.05) is 60.8 Å². The Bertz CT molecular complexity index is 797. The molecular weight excluding hydrogens is 356 g/mol. The summed E-state index contributed by atoms with van der Waals surface area (Å²) in [5, 5.41) is 0. The fraction of sp³-hybridized carbons (Fsp3) is 0.522. The van der Waals surface area contributed by atoms with Crippen LogP contribution in [0.5, 0.6) is 0 Å². The number of hydrogen-bond donors (Lipinski definition) is 0. The van der Waals surface area contributed by atoms with Crippen molar-refractivity contribution in [1.29, 1.82) is 0 Å². The minimum Gasteiger partial charge on any atom is -0.465 e. The molecule has 0 aromatic rings. The van der Waals surface area contributed by atoms with Crippen LogP contribution in [0.15, 0.2) is 46.3 Å². The van der Waals surface area contributed by atoms with Gasteiger partial charge in [0.25, 0.3) is 0 Å². The summed E-state index contributed by atoms with van der Waals surface area (Å²) in [4.78, 5) is 36.7. The molecule has 0 bridgehead atoms. The van der Waals surface area contributed by atoms with Gasteiger partial charge in [0.1, 0.15) is 23.0 Å². The van der Waals surface area contributed by atoms with Crippen LogP contribution in [0.25, 0.3) is 0 Å². The third kappa shape index (κ3) is 3.38. The molecule has 0 saturated carbocycles. The zero-order valence-electron chi connectivity index (χ0n) is 16.5. The predicted molar refractivity (Wildman–Crippen MR) is 103 cm³/mol. The Balaban J connectivity index is 1.63. The predicted octanol–water partition coefficient (Wildman–Crippen LogP) is 4.45. The molecule has 0 aromatic heterocycles. The van der Waals surface area contributed by atoms with E-state index >= 15 is 0 Å². The van der Waals surface area contributed by atoms with Crippen LogP contribution in [0.3, 0.4) is 0 Å². The van der Waals surface area contributed by atoms with Gasteiger partial charge in [0.15, 0.2) is 17.3 Å². The lowest BCUT2D eigenvalue weighted by Gasteiger charge is -2.13. The van der Waals surface area contributed by atoms with Crippen molar-refractivity contribution in [2.45, 2.75) is 65.2 Å². The van der Waals surface area contributed by atoms with Crippen LogP contribution in [0.2, 0.25) is 0 Å². The Labute approximate surface area is 165 Å². The average molecular weight is 382 g/mol. The average Bonchev–Trinajstić information content (AvgIpc) is 3.26. The van der Waals surface area contributed by atoms with E-state index < -0.39 is 0 Å². The molecule has 0 spiro atoms. The SMILES string of the molecule is CC/C(C(=O)/C(CC)=C1\CC2CCC(=O)C=C2O1)=C1/CC2CCC(=O)C=C2O1. The second-order valence-corrected chi connectivity index (χ2v) is 7.95. The molecule has 5 nitrogen and oxygen atoms in total. The molecule has 0 N–H and O–H groups in total. The number of hydrogen-bond acceptors (Lipinski definition) is 5. The highest BCUT2D eigenvalue weighted by Gasteiger charge is 2.37. The topological polar surface area (TPSA) is 69.7 Å². The van der Waals surface area contributed by atoms with Crippen molar-refractivity contribution in [2.24, 2.45) is 11.8 Å². The molecule has 0 radical (unpaired) electrons. The molecule has 2 saturated heterocycles. The fourth-order valence-electron chi connectivity index (χ4n) is 4.58. The molecule has 0 aromatic carbocycles. The number of rotatable bonds is 4. The second kappa shape index (κ2) is 7.53. The van der Waals surface area contributed by atoms with Gasteiger partial charge in [-0.05, 0) is 25.7 Å². The van der Waals surface area contributed by atoms with Gasteiger partial charge >= 0.3 is 0 Å². The first-order valence-electron chi connectivity index (χ1n) is 10.3. The third-order valence-corrected chi connectivity index (χ3v) is 6.16. The Morgan fingerprint density at radius 2 is 1.29 bits per heavy atom. The molecule has 2 unspecified atom stereocenters. The summed E-state index contributed by atoms with van der Waals surface area (Å²) >= 11 is 0. The van der Waals surface area contributed by atoms with Crippen molar-refractivity contribution in [3.63, 3.8) is 0 Å². The van der Waals surface area contributed by atoms with Gasteiger partial charge in [-0.1, -0.05) is 13.8 Å². The first-order valence-corrected chi connectivity index (χ1v) is 10.3. The van der Waals surface area contributed by atoms with E-state index in [4.69, 9.17) is 9.47 Å².